The number of amides is 1. The number of hydrogen-bond acceptors (Lipinski definition) is 4. The van der Waals surface area contributed by atoms with Crippen molar-refractivity contribution in [3.8, 4) is 11.6 Å². The topological polar surface area (TPSA) is 75.0 Å². The molecule has 2 aliphatic rings. The Hall–Kier alpha value is -2.23. The number of aromatic nitrogens is 3. The highest BCUT2D eigenvalue weighted by Gasteiger charge is 2.37. The van der Waals surface area contributed by atoms with Gasteiger partial charge in [-0.25, -0.2) is 4.39 Å². The minimum absolute atomic E-state index is 0.0233. The van der Waals surface area contributed by atoms with Crippen molar-refractivity contribution in [1.82, 2.24) is 20.0 Å². The van der Waals surface area contributed by atoms with E-state index < -0.39 is 0 Å². The van der Waals surface area contributed by atoms with E-state index in [-0.39, 0.29) is 23.7 Å². The molecule has 0 spiro atoms. The molecule has 1 aromatic carbocycles. The number of aromatic amines is 1. The summed E-state index contributed by atoms with van der Waals surface area (Å²) < 4.78 is 20.1. The molecule has 2 atom stereocenters. The van der Waals surface area contributed by atoms with Crippen LogP contribution in [0.1, 0.15) is 46.9 Å². The van der Waals surface area contributed by atoms with Crippen molar-refractivity contribution >= 4 is 28.5 Å². The number of piperidine rings is 1. The molecule has 0 bridgehead atoms. The van der Waals surface area contributed by atoms with Crippen molar-refractivity contribution in [2.45, 2.75) is 37.6 Å². The number of nitrogens with zero attached hydrogens (tertiary/aromatic N) is 3. The number of fused-ring (bicyclic) bond motifs is 2. The van der Waals surface area contributed by atoms with E-state index in [0.717, 1.165) is 40.5 Å². The molecule has 3 aromatic rings. The number of hydrogen-bond donors (Lipinski definition) is 1. The number of aryl methyl sites for hydroxylation is 1. The summed E-state index contributed by atoms with van der Waals surface area (Å²) in [6, 6.07) is 6.59. The van der Waals surface area contributed by atoms with Gasteiger partial charge in [-0.2, -0.15) is 4.98 Å². The lowest BCUT2D eigenvalue weighted by atomic mass is 9.90. The fraction of sp³-hybridized carbons (Fsp3) is 0.350. The van der Waals surface area contributed by atoms with Crippen molar-refractivity contribution < 1.29 is 13.7 Å². The van der Waals surface area contributed by atoms with Crippen LogP contribution in [-0.2, 0) is 6.42 Å². The normalized spacial score (nSPS) is 21.9. The van der Waals surface area contributed by atoms with Crippen LogP contribution in [-0.4, -0.2) is 38.5 Å². The summed E-state index contributed by atoms with van der Waals surface area (Å²) in [7, 11) is 0. The Bertz CT molecular complexity index is 1050. The Kier molecular flexibility index (Phi) is 4.45. The summed E-state index contributed by atoms with van der Waals surface area (Å²) in [6.45, 7) is 0.557. The maximum absolute atomic E-state index is 13.6. The number of carbonyl (C=O) groups is 1. The molecule has 6 nitrogen and oxygen atoms in total. The Morgan fingerprint density at radius 3 is 2.96 bits per heavy atom. The van der Waals surface area contributed by atoms with Gasteiger partial charge in [-0.05, 0) is 78.1 Å². The van der Waals surface area contributed by atoms with Gasteiger partial charge in [-0.3, -0.25) is 4.79 Å². The molecule has 144 valence electrons. The van der Waals surface area contributed by atoms with E-state index in [4.69, 9.17) is 4.52 Å². The first kappa shape index (κ1) is 17.8. The van der Waals surface area contributed by atoms with Crippen molar-refractivity contribution in [3.05, 3.63) is 56.8 Å². The van der Waals surface area contributed by atoms with Gasteiger partial charge in [0.1, 0.15) is 11.5 Å². The maximum atomic E-state index is 13.6. The van der Waals surface area contributed by atoms with Crippen molar-refractivity contribution in [1.29, 1.82) is 0 Å². The Morgan fingerprint density at radius 1 is 1.25 bits per heavy atom. The molecule has 28 heavy (non-hydrogen) atoms. The van der Waals surface area contributed by atoms with E-state index >= 15 is 0 Å². The maximum Gasteiger partial charge on any atom is 0.274 e. The highest BCUT2D eigenvalue weighted by Crippen LogP contribution is 2.35. The van der Waals surface area contributed by atoms with Gasteiger partial charge in [0.05, 0.1) is 0 Å². The fourth-order valence-electron chi connectivity index (χ4n) is 4.24. The monoisotopic (exact) mass is 492 g/mol. The second kappa shape index (κ2) is 6.98. The average molecular weight is 492 g/mol. The van der Waals surface area contributed by atoms with Crippen LogP contribution in [0.5, 0.6) is 0 Å². The molecule has 1 saturated heterocycles. The van der Waals surface area contributed by atoms with E-state index in [2.05, 4.69) is 37.7 Å². The zero-order valence-corrected chi connectivity index (χ0v) is 17.1. The Morgan fingerprint density at radius 2 is 2.14 bits per heavy atom. The minimum atomic E-state index is -0.289. The Labute approximate surface area is 174 Å². The zero-order valence-electron chi connectivity index (χ0n) is 15.0. The summed E-state index contributed by atoms with van der Waals surface area (Å²) in [6.07, 6.45) is 5.24. The number of nitrogens with one attached hydrogen (secondary N) is 1. The first-order chi connectivity index (χ1) is 13.6. The quantitative estimate of drug-likeness (QED) is 0.546. The van der Waals surface area contributed by atoms with Crippen LogP contribution < -0.4 is 0 Å². The van der Waals surface area contributed by atoms with E-state index in [0.29, 0.717) is 23.8 Å². The first-order valence-corrected chi connectivity index (χ1v) is 10.4. The van der Waals surface area contributed by atoms with Gasteiger partial charge in [-0.1, -0.05) is 5.16 Å². The fourth-order valence-corrected chi connectivity index (χ4v) is 4.71. The second-order valence-corrected chi connectivity index (χ2v) is 8.66. The molecule has 1 fully saturated rings. The van der Waals surface area contributed by atoms with Crippen LogP contribution in [0.25, 0.3) is 11.6 Å². The predicted molar refractivity (Wildman–Crippen MR) is 108 cm³/mol. The van der Waals surface area contributed by atoms with Crippen LogP contribution in [0.4, 0.5) is 4.39 Å². The minimum Gasteiger partial charge on any atom is -0.356 e. The van der Waals surface area contributed by atoms with Gasteiger partial charge in [0.15, 0.2) is 5.82 Å². The molecule has 2 aliphatic heterocycles. The van der Waals surface area contributed by atoms with Gasteiger partial charge < -0.3 is 14.4 Å². The number of halogens is 2. The zero-order chi connectivity index (χ0) is 19.3. The number of carbonyl (C=O) groups excluding carboxylic acids is 1. The van der Waals surface area contributed by atoms with E-state index in [9.17, 15) is 9.18 Å². The largest absolute Gasteiger partial charge is 0.356 e. The molecule has 2 aromatic heterocycles. The summed E-state index contributed by atoms with van der Waals surface area (Å²) in [5.41, 5.74) is 2.21. The van der Waals surface area contributed by atoms with Crippen molar-refractivity contribution in [2.24, 2.45) is 0 Å². The summed E-state index contributed by atoms with van der Waals surface area (Å²) >= 11 is 2.22. The second-order valence-electron chi connectivity index (χ2n) is 7.42. The molecule has 0 unspecified atom stereocenters. The van der Waals surface area contributed by atoms with Crippen molar-refractivity contribution in [2.75, 3.05) is 6.54 Å². The molecule has 4 heterocycles. The third-order valence-electron chi connectivity index (χ3n) is 5.70. The highest BCUT2D eigenvalue weighted by molar-refractivity contribution is 14.1. The van der Waals surface area contributed by atoms with E-state index in [1.54, 1.807) is 6.07 Å². The molecule has 0 saturated carbocycles. The van der Waals surface area contributed by atoms with Gasteiger partial charge in [0.2, 0.25) is 0 Å². The lowest BCUT2D eigenvalue weighted by Crippen LogP contribution is -2.45. The van der Waals surface area contributed by atoms with Crippen LogP contribution in [0.3, 0.4) is 0 Å². The number of H-pyrrole nitrogens is 1. The molecule has 8 heteroatoms. The summed E-state index contributed by atoms with van der Waals surface area (Å²) in [5, 5.41) is 4.17. The van der Waals surface area contributed by atoms with Gasteiger partial charge in [0.25, 0.3) is 11.8 Å². The van der Waals surface area contributed by atoms with Crippen LogP contribution in [0.2, 0.25) is 0 Å². The van der Waals surface area contributed by atoms with E-state index in [1.165, 1.54) is 12.1 Å². The van der Waals surface area contributed by atoms with Crippen LogP contribution in [0.15, 0.2) is 35.0 Å². The molecule has 0 aliphatic carbocycles. The Balaban J connectivity index is 1.40. The van der Waals surface area contributed by atoms with E-state index in [1.807, 2.05) is 17.2 Å². The molecular formula is C20H18FIN4O2. The SMILES string of the molecule is O=C1c2ccc(F)cc2CC[C@@H]2CC[C@H](c3noc(-c4cc(I)c[nH]4)n3)CN12. The average Bonchev–Trinajstić information content (AvgIpc) is 3.32. The molecule has 1 N–H and O–H groups in total. The van der Waals surface area contributed by atoms with Crippen LogP contribution >= 0.6 is 22.6 Å². The third-order valence-corrected chi connectivity index (χ3v) is 6.32. The predicted octanol–water partition coefficient (Wildman–Crippen LogP) is 4.14. The smallest absolute Gasteiger partial charge is 0.274 e. The first-order valence-electron chi connectivity index (χ1n) is 9.36. The standard InChI is InChI=1S/C20H18FIN4O2/c21-13-3-6-16-11(7-13)1-4-15-5-2-12(10-26(15)20(16)27)18-24-19(28-25-18)17-8-14(22)9-23-17/h3,6-9,12,15,23H,1-2,4-5,10H2/t12-,15+/m0/s1. The molecular weight excluding hydrogens is 474 g/mol. The molecule has 0 radical (unpaired) electrons. The van der Waals surface area contributed by atoms with Crippen LogP contribution in [0, 0.1) is 9.39 Å². The van der Waals surface area contributed by atoms with Crippen molar-refractivity contribution in [3.63, 3.8) is 0 Å². The number of rotatable bonds is 2. The van der Waals surface area contributed by atoms with Gasteiger partial charge in [0, 0.05) is 33.8 Å². The highest BCUT2D eigenvalue weighted by atomic mass is 127. The molecule has 5 rings (SSSR count). The lowest BCUT2D eigenvalue weighted by molar-refractivity contribution is 0.0582. The summed E-state index contributed by atoms with van der Waals surface area (Å²) in [5.74, 6) is 0.818. The van der Waals surface area contributed by atoms with Gasteiger partial charge >= 0.3 is 0 Å². The van der Waals surface area contributed by atoms with Gasteiger partial charge in [-0.15, -0.1) is 0 Å². The lowest BCUT2D eigenvalue weighted by Gasteiger charge is -2.37. The number of benzene rings is 1. The summed E-state index contributed by atoms with van der Waals surface area (Å²) in [4.78, 5) is 22.7. The third kappa shape index (κ3) is 3.13. The molecule has 1 amide bonds.